The largest absolute Gasteiger partial charge is 0.435 e. The highest BCUT2D eigenvalue weighted by atomic mass is 16.6. The molecule has 23 heavy (non-hydrogen) atoms. The number of aliphatic hydroxyl groups is 1. The number of carbonyl (C=O) groups is 1. The fourth-order valence-corrected chi connectivity index (χ4v) is 2.37. The summed E-state index contributed by atoms with van der Waals surface area (Å²) in [6, 6.07) is 8.79. The number of esters is 1. The summed E-state index contributed by atoms with van der Waals surface area (Å²) in [5.74, 6) is -0.549. The van der Waals surface area contributed by atoms with Crippen LogP contribution in [-0.2, 0) is 16.0 Å². The first kappa shape index (κ1) is 19.4. The number of hydrogen-bond donors (Lipinski definition) is 2. The van der Waals surface area contributed by atoms with Crippen molar-refractivity contribution < 1.29 is 14.6 Å². The van der Waals surface area contributed by atoms with Crippen LogP contribution < -0.4 is 5.73 Å². The molecule has 4 heteroatoms. The van der Waals surface area contributed by atoms with E-state index in [4.69, 9.17) is 10.5 Å². The standard InChI is InChI=1S/C19H29NO3/c1-2-3-4-5-6-7-11-14-18(21)23-19(22)17(20)15-16-12-9-8-10-13-16/h2,8-10,12-13,17-18,21H,1,3-7,11,14-15,20H2/t17-,18?/m0/s1. The lowest BCUT2D eigenvalue weighted by Gasteiger charge is -2.16. The maximum atomic E-state index is 11.8. The quantitative estimate of drug-likeness (QED) is 0.268. The van der Waals surface area contributed by atoms with E-state index in [2.05, 4.69) is 6.58 Å². The van der Waals surface area contributed by atoms with Crippen LogP contribution in [0, 0.1) is 0 Å². The van der Waals surface area contributed by atoms with E-state index in [1.54, 1.807) is 0 Å². The molecule has 1 unspecified atom stereocenters. The molecule has 0 saturated heterocycles. The number of carbonyl (C=O) groups excluding carboxylic acids is 1. The first-order chi connectivity index (χ1) is 11.1. The van der Waals surface area contributed by atoms with Gasteiger partial charge in [-0.05, 0) is 31.2 Å². The minimum atomic E-state index is -1.06. The van der Waals surface area contributed by atoms with E-state index in [-0.39, 0.29) is 0 Å². The van der Waals surface area contributed by atoms with Crippen LogP contribution in [0.2, 0.25) is 0 Å². The molecule has 0 heterocycles. The third-order valence-electron chi connectivity index (χ3n) is 3.71. The zero-order valence-electron chi connectivity index (χ0n) is 13.8. The number of unbranched alkanes of at least 4 members (excludes halogenated alkanes) is 5. The Morgan fingerprint density at radius 2 is 1.83 bits per heavy atom. The van der Waals surface area contributed by atoms with Crippen LogP contribution in [0.4, 0.5) is 0 Å². The number of hydrogen-bond acceptors (Lipinski definition) is 4. The zero-order chi connectivity index (χ0) is 16.9. The van der Waals surface area contributed by atoms with Gasteiger partial charge < -0.3 is 15.6 Å². The molecule has 0 aliphatic carbocycles. The van der Waals surface area contributed by atoms with Crippen LogP contribution in [0.15, 0.2) is 43.0 Å². The zero-order valence-corrected chi connectivity index (χ0v) is 13.8. The highest BCUT2D eigenvalue weighted by Crippen LogP contribution is 2.10. The van der Waals surface area contributed by atoms with Crippen molar-refractivity contribution in [1.82, 2.24) is 0 Å². The van der Waals surface area contributed by atoms with Gasteiger partial charge in [0.05, 0.1) is 0 Å². The van der Waals surface area contributed by atoms with E-state index in [1.807, 2.05) is 36.4 Å². The molecular formula is C19H29NO3. The van der Waals surface area contributed by atoms with Crippen molar-refractivity contribution in [3.05, 3.63) is 48.6 Å². The lowest BCUT2D eigenvalue weighted by Crippen LogP contribution is -2.36. The lowest BCUT2D eigenvalue weighted by atomic mass is 10.1. The highest BCUT2D eigenvalue weighted by Gasteiger charge is 2.19. The molecular weight excluding hydrogens is 290 g/mol. The average molecular weight is 319 g/mol. The summed E-state index contributed by atoms with van der Waals surface area (Å²) in [5, 5.41) is 9.76. The molecule has 4 nitrogen and oxygen atoms in total. The van der Waals surface area contributed by atoms with Gasteiger partial charge in [0, 0.05) is 6.42 Å². The summed E-state index contributed by atoms with van der Waals surface area (Å²) in [7, 11) is 0. The van der Waals surface area contributed by atoms with Gasteiger partial charge in [-0.25, -0.2) is 0 Å². The van der Waals surface area contributed by atoms with Gasteiger partial charge in [-0.2, -0.15) is 0 Å². The van der Waals surface area contributed by atoms with Crippen molar-refractivity contribution >= 4 is 5.97 Å². The summed E-state index contributed by atoms with van der Waals surface area (Å²) < 4.78 is 5.01. The average Bonchev–Trinajstić information content (AvgIpc) is 2.55. The molecule has 0 fully saturated rings. The predicted octanol–water partition coefficient (Wildman–Crippen LogP) is 3.33. The molecule has 0 aromatic heterocycles. The Kier molecular flexibility index (Phi) is 10.00. The van der Waals surface area contributed by atoms with Crippen molar-refractivity contribution in [1.29, 1.82) is 0 Å². The van der Waals surface area contributed by atoms with Gasteiger partial charge in [0.1, 0.15) is 6.04 Å². The first-order valence-electron chi connectivity index (χ1n) is 8.42. The predicted molar refractivity (Wildman–Crippen MR) is 92.7 cm³/mol. The number of aliphatic hydroxyl groups excluding tert-OH is 1. The fraction of sp³-hybridized carbons (Fsp3) is 0.526. The van der Waals surface area contributed by atoms with E-state index < -0.39 is 18.3 Å². The molecule has 0 saturated carbocycles. The van der Waals surface area contributed by atoms with Crippen LogP contribution in [0.1, 0.15) is 50.5 Å². The number of allylic oxidation sites excluding steroid dienone is 1. The van der Waals surface area contributed by atoms with Gasteiger partial charge in [-0.1, -0.05) is 55.7 Å². The Morgan fingerprint density at radius 3 is 2.52 bits per heavy atom. The molecule has 1 aromatic rings. The molecule has 0 spiro atoms. The fourth-order valence-electron chi connectivity index (χ4n) is 2.37. The van der Waals surface area contributed by atoms with E-state index in [9.17, 15) is 9.90 Å². The second-order valence-electron chi connectivity index (χ2n) is 5.82. The Hall–Kier alpha value is -1.65. The summed E-state index contributed by atoms with van der Waals surface area (Å²) in [4.78, 5) is 11.8. The van der Waals surface area contributed by atoms with E-state index in [0.717, 1.165) is 37.7 Å². The lowest BCUT2D eigenvalue weighted by molar-refractivity contribution is -0.170. The summed E-state index contributed by atoms with van der Waals surface area (Å²) in [6.07, 6.45) is 8.14. The van der Waals surface area contributed by atoms with Crippen molar-refractivity contribution in [3.63, 3.8) is 0 Å². The molecule has 1 aromatic carbocycles. The molecule has 0 aliphatic heterocycles. The monoisotopic (exact) mass is 319 g/mol. The number of nitrogens with two attached hydrogens (primary N) is 1. The van der Waals surface area contributed by atoms with E-state index in [0.29, 0.717) is 12.8 Å². The smallest absolute Gasteiger partial charge is 0.325 e. The maximum absolute atomic E-state index is 11.8. The molecule has 0 aliphatic rings. The van der Waals surface area contributed by atoms with Crippen LogP contribution in [0.3, 0.4) is 0 Å². The summed E-state index contributed by atoms with van der Waals surface area (Å²) >= 11 is 0. The summed E-state index contributed by atoms with van der Waals surface area (Å²) in [6.45, 7) is 3.69. The van der Waals surface area contributed by atoms with E-state index in [1.165, 1.54) is 6.42 Å². The molecule has 128 valence electrons. The third-order valence-corrected chi connectivity index (χ3v) is 3.71. The second-order valence-corrected chi connectivity index (χ2v) is 5.82. The normalized spacial score (nSPS) is 13.3. The van der Waals surface area contributed by atoms with Crippen molar-refractivity contribution in [2.75, 3.05) is 0 Å². The number of ether oxygens (including phenoxy) is 1. The Balaban J connectivity index is 2.14. The number of benzene rings is 1. The van der Waals surface area contributed by atoms with Crippen molar-refractivity contribution in [3.8, 4) is 0 Å². The van der Waals surface area contributed by atoms with Crippen LogP contribution in [0.25, 0.3) is 0 Å². The van der Waals surface area contributed by atoms with Gasteiger partial charge in [-0.3, -0.25) is 4.79 Å². The van der Waals surface area contributed by atoms with Gasteiger partial charge >= 0.3 is 5.97 Å². The van der Waals surface area contributed by atoms with Crippen LogP contribution in [-0.4, -0.2) is 23.4 Å². The molecule has 1 rings (SSSR count). The Bertz CT molecular complexity index is 447. The van der Waals surface area contributed by atoms with Crippen LogP contribution >= 0.6 is 0 Å². The number of rotatable bonds is 12. The first-order valence-corrected chi connectivity index (χ1v) is 8.42. The molecule has 3 N–H and O–H groups in total. The van der Waals surface area contributed by atoms with Crippen molar-refractivity contribution in [2.45, 2.75) is 63.7 Å². The van der Waals surface area contributed by atoms with Crippen molar-refractivity contribution in [2.24, 2.45) is 5.73 Å². The molecule has 0 radical (unpaired) electrons. The Labute approximate surface area is 139 Å². The molecule has 0 bridgehead atoms. The highest BCUT2D eigenvalue weighted by molar-refractivity contribution is 5.76. The Morgan fingerprint density at radius 1 is 1.17 bits per heavy atom. The molecule has 0 amide bonds. The maximum Gasteiger partial charge on any atom is 0.325 e. The molecule has 2 atom stereocenters. The summed E-state index contributed by atoms with van der Waals surface area (Å²) in [5.41, 5.74) is 6.80. The SMILES string of the molecule is C=CCCCCCCCC(O)OC(=O)[C@@H](N)Cc1ccccc1. The van der Waals surface area contributed by atoms with Crippen LogP contribution in [0.5, 0.6) is 0 Å². The van der Waals surface area contributed by atoms with E-state index >= 15 is 0 Å². The minimum absolute atomic E-state index is 0.412. The van der Waals surface area contributed by atoms with Gasteiger partial charge in [0.15, 0.2) is 0 Å². The second kappa shape index (κ2) is 11.9. The topological polar surface area (TPSA) is 72.5 Å². The van der Waals surface area contributed by atoms with Gasteiger partial charge in [0.2, 0.25) is 6.29 Å². The van der Waals surface area contributed by atoms with Gasteiger partial charge in [0.25, 0.3) is 0 Å². The minimum Gasteiger partial charge on any atom is -0.435 e. The third kappa shape index (κ3) is 9.16. The van der Waals surface area contributed by atoms with Gasteiger partial charge in [-0.15, -0.1) is 6.58 Å².